The number of aromatic nitrogens is 1. The van der Waals surface area contributed by atoms with Gasteiger partial charge in [-0.1, -0.05) is 109 Å². The summed E-state index contributed by atoms with van der Waals surface area (Å²) in [7, 11) is 0. The number of hydrogen-bond acceptors (Lipinski definition) is 5. The average molecular weight is 531 g/mol. The van der Waals surface area contributed by atoms with E-state index in [1.54, 1.807) is 6.20 Å². The van der Waals surface area contributed by atoms with Gasteiger partial charge >= 0.3 is 0 Å². The van der Waals surface area contributed by atoms with E-state index in [-0.39, 0.29) is 12.3 Å². The smallest absolute Gasteiger partial charge is 0.153 e. The molecular formula is C36H26N4O. The summed E-state index contributed by atoms with van der Waals surface area (Å²) in [5.41, 5.74) is 8.03. The molecule has 7 aromatic rings. The lowest BCUT2D eigenvalue weighted by Crippen LogP contribution is -2.45. The van der Waals surface area contributed by atoms with Gasteiger partial charge in [0.1, 0.15) is 29.3 Å². The van der Waals surface area contributed by atoms with E-state index in [2.05, 4.69) is 113 Å². The maximum absolute atomic E-state index is 6.13. The summed E-state index contributed by atoms with van der Waals surface area (Å²) in [6.45, 7) is 0. The van der Waals surface area contributed by atoms with Crippen LogP contribution in [-0.2, 0) is 0 Å². The minimum Gasteiger partial charge on any atom is -0.454 e. The lowest BCUT2D eigenvalue weighted by molar-refractivity contribution is 0.409. The highest BCUT2D eigenvalue weighted by atomic mass is 16.3. The lowest BCUT2D eigenvalue weighted by Gasteiger charge is -2.32. The Morgan fingerprint density at radius 1 is 0.610 bits per heavy atom. The molecular weight excluding hydrogens is 504 g/mol. The zero-order chi connectivity index (χ0) is 27.2. The molecule has 1 aliphatic rings. The molecule has 2 aromatic heterocycles. The number of aliphatic imine (C=N–C) groups is 1. The molecule has 196 valence electrons. The van der Waals surface area contributed by atoms with Crippen molar-refractivity contribution in [3.63, 3.8) is 0 Å². The summed E-state index contributed by atoms with van der Waals surface area (Å²) < 4.78 is 6.13. The first-order valence-electron chi connectivity index (χ1n) is 13.8. The fourth-order valence-electron chi connectivity index (χ4n) is 5.84. The summed E-state index contributed by atoms with van der Waals surface area (Å²) in [4.78, 5) is 9.81. The van der Waals surface area contributed by atoms with Crippen molar-refractivity contribution in [2.75, 3.05) is 0 Å². The lowest BCUT2D eigenvalue weighted by atomic mass is 9.97. The van der Waals surface area contributed by atoms with Gasteiger partial charge in [-0.05, 0) is 51.2 Å². The Bertz CT molecular complexity index is 2060. The Balaban J connectivity index is 1.21. The molecule has 0 spiro atoms. The van der Waals surface area contributed by atoms with Gasteiger partial charge in [-0.15, -0.1) is 0 Å². The normalized spacial score (nSPS) is 17.0. The highest BCUT2D eigenvalue weighted by molar-refractivity contribution is 6.17. The molecule has 41 heavy (non-hydrogen) atoms. The van der Waals surface area contributed by atoms with Gasteiger partial charge in [-0.25, -0.2) is 4.99 Å². The number of nitrogens with zero attached hydrogens (tertiary/aromatic N) is 2. The van der Waals surface area contributed by atoms with Gasteiger partial charge < -0.3 is 9.73 Å². The molecule has 0 radical (unpaired) electrons. The van der Waals surface area contributed by atoms with E-state index in [4.69, 9.17) is 9.41 Å². The van der Waals surface area contributed by atoms with Gasteiger partial charge in [0, 0.05) is 11.8 Å². The van der Waals surface area contributed by atoms with E-state index >= 15 is 0 Å². The summed E-state index contributed by atoms with van der Waals surface area (Å²) >= 11 is 0. The first-order valence-corrected chi connectivity index (χ1v) is 13.8. The molecule has 0 saturated heterocycles. The second-order valence-corrected chi connectivity index (χ2v) is 10.3. The number of rotatable bonds is 4. The van der Waals surface area contributed by atoms with Crippen LogP contribution < -0.4 is 10.6 Å². The molecule has 0 bridgehead atoms. The molecule has 0 saturated carbocycles. The molecule has 3 heterocycles. The third-order valence-corrected chi connectivity index (χ3v) is 7.83. The van der Waals surface area contributed by atoms with Crippen molar-refractivity contribution < 1.29 is 4.42 Å². The van der Waals surface area contributed by atoms with Crippen molar-refractivity contribution in [1.82, 2.24) is 15.6 Å². The molecule has 2 unspecified atom stereocenters. The Morgan fingerprint density at radius 2 is 1.37 bits per heavy atom. The summed E-state index contributed by atoms with van der Waals surface area (Å²) in [5.74, 6) is 0.805. The molecule has 5 heteroatoms. The first kappa shape index (κ1) is 23.6. The van der Waals surface area contributed by atoms with Crippen LogP contribution in [0.25, 0.3) is 44.0 Å². The summed E-state index contributed by atoms with van der Waals surface area (Å²) in [6, 6.07) is 44.1. The molecule has 0 aliphatic carbocycles. The predicted octanol–water partition coefficient (Wildman–Crippen LogP) is 8.14. The number of fused-ring (bicyclic) bond motifs is 4. The highest BCUT2D eigenvalue weighted by Gasteiger charge is 2.27. The number of furan rings is 1. The molecule has 0 fully saturated rings. The van der Waals surface area contributed by atoms with Gasteiger partial charge in [0.15, 0.2) is 5.58 Å². The minimum absolute atomic E-state index is 0.157. The van der Waals surface area contributed by atoms with Crippen LogP contribution in [0.3, 0.4) is 0 Å². The Hall–Kier alpha value is -5.26. The fraction of sp³-hybridized carbons (Fsp3) is 0.0556. The third-order valence-electron chi connectivity index (χ3n) is 7.83. The molecule has 5 aromatic carbocycles. The van der Waals surface area contributed by atoms with Gasteiger partial charge in [0.2, 0.25) is 0 Å². The second-order valence-electron chi connectivity index (χ2n) is 10.3. The van der Waals surface area contributed by atoms with Crippen molar-refractivity contribution in [3.8, 4) is 11.1 Å². The summed E-state index contributed by atoms with van der Waals surface area (Å²) in [5, 5.41) is 10.9. The Morgan fingerprint density at radius 3 is 2.27 bits per heavy atom. The van der Waals surface area contributed by atoms with Crippen LogP contribution in [0.15, 0.2) is 143 Å². The van der Waals surface area contributed by atoms with Crippen molar-refractivity contribution in [2.24, 2.45) is 4.99 Å². The number of amidine groups is 1. The molecule has 5 nitrogen and oxygen atoms in total. The quantitative estimate of drug-likeness (QED) is 0.241. The van der Waals surface area contributed by atoms with Crippen molar-refractivity contribution in [1.29, 1.82) is 0 Å². The zero-order valence-electron chi connectivity index (χ0n) is 22.2. The minimum atomic E-state index is -0.225. The molecule has 8 rings (SSSR count). The second kappa shape index (κ2) is 9.73. The predicted molar refractivity (Wildman–Crippen MR) is 166 cm³/mol. The van der Waals surface area contributed by atoms with Crippen LogP contribution in [0.5, 0.6) is 0 Å². The number of benzene rings is 5. The SMILES string of the molecule is c1ccc(C2N=C(c3cccc4oc5cccnc5c34)NC(c3ccc(-c4cccc5ccccc45)cc3)N2)cc1. The van der Waals surface area contributed by atoms with Gasteiger partial charge in [0.25, 0.3) is 0 Å². The van der Waals surface area contributed by atoms with Crippen LogP contribution in [-0.4, -0.2) is 10.8 Å². The maximum atomic E-state index is 6.13. The van der Waals surface area contributed by atoms with E-state index in [9.17, 15) is 0 Å². The van der Waals surface area contributed by atoms with E-state index in [0.29, 0.717) is 0 Å². The number of hydrogen-bond donors (Lipinski definition) is 2. The van der Waals surface area contributed by atoms with Crippen molar-refractivity contribution in [2.45, 2.75) is 12.3 Å². The average Bonchev–Trinajstić information content (AvgIpc) is 3.44. The van der Waals surface area contributed by atoms with Gasteiger partial charge in [0.05, 0.1) is 5.39 Å². The molecule has 1 aliphatic heterocycles. The van der Waals surface area contributed by atoms with E-state index < -0.39 is 0 Å². The standard InChI is InChI=1S/C36H26N4O/c1-2-10-25(11-3-1)34-38-35(26-20-18-24(19-21-26)28-14-6-12-23-9-4-5-13-27(23)28)40-36(39-34)29-15-7-16-30-32(29)33-31(41-30)17-8-22-37-33/h1-22,34-35,38H,(H,39,40). The van der Waals surface area contributed by atoms with Crippen LogP contribution in [0.4, 0.5) is 0 Å². The van der Waals surface area contributed by atoms with Crippen LogP contribution in [0.2, 0.25) is 0 Å². The molecule has 2 atom stereocenters. The van der Waals surface area contributed by atoms with Crippen LogP contribution >= 0.6 is 0 Å². The largest absolute Gasteiger partial charge is 0.454 e. The number of pyridine rings is 1. The van der Waals surface area contributed by atoms with Crippen LogP contribution in [0, 0.1) is 0 Å². The topological polar surface area (TPSA) is 62.5 Å². The van der Waals surface area contributed by atoms with Crippen molar-refractivity contribution in [3.05, 3.63) is 150 Å². The first-order chi connectivity index (χ1) is 20.3. The van der Waals surface area contributed by atoms with E-state index in [1.807, 2.05) is 30.3 Å². The Kier molecular flexibility index (Phi) is 5.61. The maximum Gasteiger partial charge on any atom is 0.153 e. The zero-order valence-corrected chi connectivity index (χ0v) is 22.2. The van der Waals surface area contributed by atoms with Crippen LogP contribution in [0.1, 0.15) is 29.0 Å². The molecule has 2 N–H and O–H groups in total. The summed E-state index contributed by atoms with van der Waals surface area (Å²) in [6.07, 6.45) is 1.42. The Labute approximate surface area is 237 Å². The monoisotopic (exact) mass is 530 g/mol. The van der Waals surface area contributed by atoms with E-state index in [1.165, 1.54) is 21.9 Å². The highest BCUT2D eigenvalue weighted by Crippen LogP contribution is 2.34. The third kappa shape index (κ3) is 4.15. The fourth-order valence-corrected chi connectivity index (χ4v) is 5.84. The molecule has 0 amide bonds. The van der Waals surface area contributed by atoms with Gasteiger partial charge in [-0.3, -0.25) is 10.3 Å². The number of nitrogens with one attached hydrogen (secondary N) is 2. The van der Waals surface area contributed by atoms with Gasteiger partial charge in [-0.2, -0.15) is 0 Å². The van der Waals surface area contributed by atoms with Crippen molar-refractivity contribution >= 4 is 38.7 Å². The van der Waals surface area contributed by atoms with E-state index in [0.717, 1.165) is 44.6 Å².